The summed E-state index contributed by atoms with van der Waals surface area (Å²) < 4.78 is 20.6. The molecule has 2 aliphatic rings. The minimum Gasteiger partial charge on any atom is -0.484 e. The quantitative estimate of drug-likeness (QED) is 0.831. The summed E-state index contributed by atoms with van der Waals surface area (Å²) in [7, 11) is 0. The molecule has 2 aromatic carbocycles. The number of benzene rings is 2. The van der Waals surface area contributed by atoms with Crippen molar-refractivity contribution in [2.45, 2.75) is 50.5 Å². The first kappa shape index (κ1) is 19.9. The highest BCUT2D eigenvalue weighted by Crippen LogP contribution is 2.32. The highest BCUT2D eigenvalue weighted by molar-refractivity contribution is 5.78. The van der Waals surface area contributed by atoms with Crippen LogP contribution in [0.2, 0.25) is 0 Å². The predicted octanol–water partition coefficient (Wildman–Crippen LogP) is 3.18. The van der Waals surface area contributed by atoms with Crippen LogP contribution in [-0.4, -0.2) is 41.1 Å². The number of hydrogen-bond donors (Lipinski definition) is 2. The van der Waals surface area contributed by atoms with Crippen LogP contribution in [-0.2, 0) is 11.3 Å². The SMILES string of the molecule is O=C(CN1Cc2ccccc2O[C@H](c2ccccc2F)C1)NC1CCC(O)CC1. The van der Waals surface area contributed by atoms with Gasteiger partial charge in [0.05, 0.1) is 12.6 Å². The maximum atomic E-state index is 14.4. The maximum Gasteiger partial charge on any atom is 0.234 e. The molecule has 154 valence electrons. The van der Waals surface area contributed by atoms with E-state index in [-0.39, 0.29) is 30.4 Å². The molecule has 2 aromatic rings. The van der Waals surface area contributed by atoms with Gasteiger partial charge < -0.3 is 15.2 Å². The van der Waals surface area contributed by atoms with Crippen molar-refractivity contribution in [1.29, 1.82) is 0 Å². The van der Waals surface area contributed by atoms with E-state index in [2.05, 4.69) is 5.32 Å². The number of para-hydroxylation sites is 1. The van der Waals surface area contributed by atoms with Crippen molar-refractivity contribution >= 4 is 5.91 Å². The van der Waals surface area contributed by atoms with E-state index >= 15 is 0 Å². The summed E-state index contributed by atoms with van der Waals surface area (Å²) in [6.45, 7) is 1.21. The molecule has 6 heteroatoms. The third kappa shape index (κ3) is 4.95. The van der Waals surface area contributed by atoms with E-state index in [1.165, 1.54) is 6.07 Å². The van der Waals surface area contributed by atoms with Crippen LogP contribution in [0.1, 0.15) is 42.9 Å². The lowest BCUT2D eigenvalue weighted by atomic mass is 9.93. The molecule has 1 saturated carbocycles. The number of ether oxygens (including phenoxy) is 1. The molecule has 5 nitrogen and oxygen atoms in total. The number of aliphatic hydroxyl groups excluding tert-OH is 1. The number of carbonyl (C=O) groups is 1. The van der Waals surface area contributed by atoms with Gasteiger partial charge in [0.25, 0.3) is 0 Å². The van der Waals surface area contributed by atoms with Crippen molar-refractivity contribution in [3.8, 4) is 5.75 Å². The van der Waals surface area contributed by atoms with E-state index < -0.39 is 6.10 Å². The van der Waals surface area contributed by atoms with E-state index in [0.29, 0.717) is 18.7 Å². The van der Waals surface area contributed by atoms with Gasteiger partial charge in [-0.05, 0) is 37.8 Å². The van der Waals surface area contributed by atoms with Gasteiger partial charge in [-0.15, -0.1) is 0 Å². The average Bonchev–Trinajstić information content (AvgIpc) is 2.89. The zero-order valence-corrected chi connectivity index (χ0v) is 16.4. The van der Waals surface area contributed by atoms with Gasteiger partial charge in [-0.25, -0.2) is 4.39 Å². The smallest absolute Gasteiger partial charge is 0.234 e. The molecule has 1 amide bonds. The summed E-state index contributed by atoms with van der Waals surface area (Å²) in [5.74, 6) is 0.380. The Bertz CT molecular complexity index is 852. The minimum atomic E-state index is -0.488. The van der Waals surface area contributed by atoms with E-state index in [9.17, 15) is 14.3 Å². The summed E-state index contributed by atoms with van der Waals surface area (Å²) in [4.78, 5) is 14.7. The summed E-state index contributed by atoms with van der Waals surface area (Å²) in [6.07, 6.45) is 2.32. The van der Waals surface area contributed by atoms with E-state index in [1.54, 1.807) is 18.2 Å². The van der Waals surface area contributed by atoms with Crippen molar-refractivity contribution in [2.75, 3.05) is 13.1 Å². The first-order chi connectivity index (χ1) is 14.1. The van der Waals surface area contributed by atoms with Crippen molar-refractivity contribution in [3.63, 3.8) is 0 Å². The summed E-state index contributed by atoms with van der Waals surface area (Å²) in [5, 5.41) is 12.7. The number of hydrogen-bond acceptors (Lipinski definition) is 4. The second kappa shape index (κ2) is 8.93. The van der Waals surface area contributed by atoms with Gasteiger partial charge in [0.1, 0.15) is 17.7 Å². The normalized spacial score (nSPS) is 24.8. The largest absolute Gasteiger partial charge is 0.484 e. The van der Waals surface area contributed by atoms with Gasteiger partial charge >= 0.3 is 0 Å². The van der Waals surface area contributed by atoms with Gasteiger partial charge in [-0.3, -0.25) is 9.69 Å². The van der Waals surface area contributed by atoms with Gasteiger partial charge in [0, 0.05) is 30.3 Å². The van der Waals surface area contributed by atoms with E-state index in [1.807, 2.05) is 29.2 Å². The fourth-order valence-electron chi connectivity index (χ4n) is 4.19. The first-order valence-electron chi connectivity index (χ1n) is 10.3. The molecule has 4 rings (SSSR count). The van der Waals surface area contributed by atoms with Crippen molar-refractivity contribution in [1.82, 2.24) is 10.2 Å². The van der Waals surface area contributed by atoms with Crippen LogP contribution in [0.5, 0.6) is 5.75 Å². The first-order valence-corrected chi connectivity index (χ1v) is 10.3. The molecule has 0 radical (unpaired) electrons. The third-order valence-corrected chi connectivity index (χ3v) is 5.74. The number of nitrogens with one attached hydrogen (secondary N) is 1. The molecule has 1 atom stereocenters. The number of amides is 1. The molecular formula is C23H27FN2O3. The van der Waals surface area contributed by atoms with Crippen LogP contribution < -0.4 is 10.1 Å². The Kier molecular flexibility index (Phi) is 6.11. The van der Waals surface area contributed by atoms with Gasteiger partial charge in [-0.2, -0.15) is 0 Å². The zero-order valence-electron chi connectivity index (χ0n) is 16.4. The van der Waals surface area contributed by atoms with E-state index in [4.69, 9.17) is 4.74 Å². The van der Waals surface area contributed by atoms with Crippen LogP contribution in [0, 0.1) is 5.82 Å². The molecule has 1 heterocycles. The fourth-order valence-corrected chi connectivity index (χ4v) is 4.19. The molecule has 1 aliphatic heterocycles. The fraction of sp³-hybridized carbons (Fsp3) is 0.435. The van der Waals surface area contributed by atoms with Crippen LogP contribution in [0.4, 0.5) is 4.39 Å². The Balaban J connectivity index is 1.48. The van der Waals surface area contributed by atoms with Gasteiger partial charge in [0.2, 0.25) is 5.91 Å². The molecular weight excluding hydrogens is 371 g/mol. The highest BCUT2D eigenvalue weighted by Gasteiger charge is 2.28. The number of fused-ring (bicyclic) bond motifs is 1. The number of carbonyl (C=O) groups excluding carboxylic acids is 1. The molecule has 0 bridgehead atoms. The highest BCUT2D eigenvalue weighted by atomic mass is 19.1. The predicted molar refractivity (Wildman–Crippen MR) is 108 cm³/mol. The summed E-state index contributed by atoms with van der Waals surface area (Å²) in [6, 6.07) is 14.5. The Morgan fingerprint density at radius 3 is 2.62 bits per heavy atom. The zero-order chi connectivity index (χ0) is 20.2. The van der Waals surface area contributed by atoms with Crippen molar-refractivity contribution < 1.29 is 19.0 Å². The standard InChI is InChI=1S/C23H27FN2O3/c24-20-7-3-2-6-19(20)22-14-26(13-16-5-1-4-8-21(16)29-22)15-23(28)25-17-9-11-18(27)12-10-17/h1-8,17-18,22,27H,9-15H2,(H,25,28)/t17?,18?,22-/m0/s1. The monoisotopic (exact) mass is 398 g/mol. The lowest BCUT2D eigenvalue weighted by Crippen LogP contribution is -2.44. The summed E-state index contributed by atoms with van der Waals surface area (Å²) >= 11 is 0. The molecule has 29 heavy (non-hydrogen) atoms. The van der Waals surface area contributed by atoms with Crippen LogP contribution in [0.3, 0.4) is 0 Å². The van der Waals surface area contributed by atoms with Crippen LogP contribution in [0.25, 0.3) is 0 Å². The number of aliphatic hydroxyl groups is 1. The Morgan fingerprint density at radius 2 is 1.83 bits per heavy atom. The molecule has 1 fully saturated rings. The second-order valence-corrected chi connectivity index (χ2v) is 7.98. The molecule has 1 aliphatic carbocycles. The van der Waals surface area contributed by atoms with Crippen LogP contribution in [0.15, 0.2) is 48.5 Å². The topological polar surface area (TPSA) is 61.8 Å². The number of halogens is 1. The molecule has 0 saturated heterocycles. The van der Waals surface area contributed by atoms with Gasteiger partial charge in [-0.1, -0.05) is 36.4 Å². The Labute approximate surface area is 170 Å². The average molecular weight is 398 g/mol. The summed E-state index contributed by atoms with van der Waals surface area (Å²) in [5.41, 5.74) is 1.48. The lowest BCUT2D eigenvalue weighted by molar-refractivity contribution is -0.123. The number of nitrogens with zero attached hydrogens (tertiary/aromatic N) is 1. The maximum absolute atomic E-state index is 14.4. The molecule has 2 N–H and O–H groups in total. The van der Waals surface area contributed by atoms with E-state index in [0.717, 1.165) is 37.0 Å². The van der Waals surface area contributed by atoms with Gasteiger partial charge in [0.15, 0.2) is 0 Å². The lowest BCUT2D eigenvalue weighted by Gasteiger charge is -2.28. The third-order valence-electron chi connectivity index (χ3n) is 5.74. The Hall–Kier alpha value is -2.44. The van der Waals surface area contributed by atoms with Crippen molar-refractivity contribution in [3.05, 3.63) is 65.5 Å². The minimum absolute atomic E-state index is 0.0435. The number of rotatable bonds is 4. The molecule has 0 aromatic heterocycles. The molecule has 0 unspecified atom stereocenters. The van der Waals surface area contributed by atoms with Crippen molar-refractivity contribution in [2.24, 2.45) is 0 Å². The van der Waals surface area contributed by atoms with Crippen LogP contribution >= 0.6 is 0 Å². The molecule has 0 spiro atoms. The Morgan fingerprint density at radius 1 is 1.10 bits per heavy atom. The second-order valence-electron chi connectivity index (χ2n) is 7.98.